The molecule has 1 amide bonds. The minimum absolute atomic E-state index is 0.323. The van der Waals surface area contributed by atoms with Gasteiger partial charge in [-0.25, -0.2) is 0 Å². The summed E-state index contributed by atoms with van der Waals surface area (Å²) in [6.45, 7) is 4.50. The molecule has 0 unspecified atom stereocenters. The topological polar surface area (TPSA) is 36.7 Å². The van der Waals surface area contributed by atoms with Gasteiger partial charge in [-0.15, -0.1) is 0 Å². The van der Waals surface area contributed by atoms with Crippen LogP contribution in [0, 0.1) is 5.92 Å². The van der Waals surface area contributed by atoms with E-state index in [0.717, 1.165) is 68.7 Å². The van der Waals surface area contributed by atoms with Crippen LogP contribution in [0.15, 0.2) is 45.5 Å². The summed E-state index contributed by atoms with van der Waals surface area (Å²) in [6.07, 6.45) is 3.22. The minimum atomic E-state index is 0.323. The van der Waals surface area contributed by atoms with E-state index in [1.807, 2.05) is 0 Å². The Kier molecular flexibility index (Phi) is 4.50. The fraction of sp³-hybridized carbons (Fsp3) is 0.409. The van der Waals surface area contributed by atoms with Crippen molar-refractivity contribution in [3.05, 3.63) is 46.9 Å². The molecule has 27 heavy (non-hydrogen) atoms. The molecule has 4 nitrogen and oxygen atoms in total. The number of amides is 1. The minimum Gasteiger partial charge on any atom is -0.460 e. The number of nitrogens with zero attached hydrogens (tertiary/aromatic N) is 2. The van der Waals surface area contributed by atoms with E-state index in [1.165, 1.54) is 11.1 Å². The SMILES string of the molecule is O=C(C1CC1)N1CCCN(Cc2cc3cc(-c4ccsc4)ccc3o2)CC1. The summed E-state index contributed by atoms with van der Waals surface area (Å²) in [5.41, 5.74) is 3.45. The maximum Gasteiger partial charge on any atom is 0.225 e. The average molecular weight is 381 g/mol. The lowest BCUT2D eigenvalue weighted by molar-refractivity contribution is -0.132. The Bertz CT molecular complexity index is 943. The Morgan fingerprint density at radius 3 is 2.81 bits per heavy atom. The summed E-state index contributed by atoms with van der Waals surface area (Å²) >= 11 is 1.72. The molecule has 2 aromatic heterocycles. The van der Waals surface area contributed by atoms with E-state index in [9.17, 15) is 4.79 Å². The maximum absolute atomic E-state index is 12.3. The number of fused-ring (bicyclic) bond motifs is 1. The normalized spacial score (nSPS) is 18.7. The highest BCUT2D eigenvalue weighted by Gasteiger charge is 2.33. The lowest BCUT2D eigenvalue weighted by Gasteiger charge is -2.21. The first-order valence-corrected chi connectivity index (χ1v) is 10.8. The molecule has 0 bridgehead atoms. The third-order valence-corrected chi connectivity index (χ3v) is 6.31. The summed E-state index contributed by atoms with van der Waals surface area (Å²) in [5.74, 6) is 1.71. The Morgan fingerprint density at radius 2 is 2.00 bits per heavy atom. The van der Waals surface area contributed by atoms with Crippen molar-refractivity contribution in [2.75, 3.05) is 26.2 Å². The number of carbonyl (C=O) groups is 1. The largest absolute Gasteiger partial charge is 0.460 e. The van der Waals surface area contributed by atoms with Crippen molar-refractivity contribution >= 4 is 28.2 Å². The van der Waals surface area contributed by atoms with Gasteiger partial charge in [-0.05, 0) is 65.4 Å². The zero-order valence-corrected chi connectivity index (χ0v) is 16.2. The second kappa shape index (κ2) is 7.13. The molecule has 3 aromatic rings. The number of furan rings is 1. The van der Waals surface area contributed by atoms with Crippen molar-refractivity contribution in [3.63, 3.8) is 0 Å². The van der Waals surface area contributed by atoms with E-state index in [-0.39, 0.29) is 0 Å². The van der Waals surface area contributed by atoms with Gasteiger partial charge in [0.1, 0.15) is 11.3 Å². The van der Waals surface area contributed by atoms with Gasteiger partial charge in [-0.2, -0.15) is 11.3 Å². The molecule has 3 heterocycles. The predicted octanol–water partition coefficient (Wildman–Crippen LogP) is 4.61. The molecule has 0 spiro atoms. The third kappa shape index (κ3) is 3.66. The lowest BCUT2D eigenvalue weighted by Crippen LogP contribution is -2.35. The van der Waals surface area contributed by atoms with Gasteiger partial charge in [0.2, 0.25) is 5.91 Å². The molecule has 0 atom stereocenters. The fourth-order valence-corrected chi connectivity index (χ4v) is 4.61. The molecule has 0 N–H and O–H groups in total. The van der Waals surface area contributed by atoms with Crippen LogP contribution in [0.25, 0.3) is 22.1 Å². The van der Waals surface area contributed by atoms with Crippen LogP contribution in [0.3, 0.4) is 0 Å². The highest BCUT2D eigenvalue weighted by Crippen LogP contribution is 2.31. The number of carbonyl (C=O) groups excluding carboxylic acids is 1. The molecule has 2 fully saturated rings. The number of hydrogen-bond acceptors (Lipinski definition) is 4. The van der Waals surface area contributed by atoms with Crippen LogP contribution in [0.5, 0.6) is 0 Å². The Balaban J connectivity index is 1.27. The van der Waals surface area contributed by atoms with Gasteiger partial charge in [-0.1, -0.05) is 6.07 Å². The second-order valence-corrected chi connectivity index (χ2v) is 8.49. The predicted molar refractivity (Wildman–Crippen MR) is 109 cm³/mol. The summed E-state index contributed by atoms with van der Waals surface area (Å²) in [5, 5.41) is 5.44. The van der Waals surface area contributed by atoms with Crippen molar-refractivity contribution in [1.29, 1.82) is 0 Å². The number of thiophene rings is 1. The van der Waals surface area contributed by atoms with Crippen molar-refractivity contribution in [2.45, 2.75) is 25.8 Å². The van der Waals surface area contributed by atoms with Crippen LogP contribution in [0.4, 0.5) is 0 Å². The highest BCUT2D eigenvalue weighted by atomic mass is 32.1. The summed E-state index contributed by atoms with van der Waals surface area (Å²) in [4.78, 5) is 16.8. The molecule has 1 saturated carbocycles. The molecule has 1 aromatic carbocycles. The van der Waals surface area contributed by atoms with Gasteiger partial charge in [-0.3, -0.25) is 9.69 Å². The van der Waals surface area contributed by atoms with E-state index >= 15 is 0 Å². The molecule has 1 saturated heterocycles. The Labute approximate surface area is 163 Å². The lowest BCUT2D eigenvalue weighted by atomic mass is 10.1. The first-order valence-electron chi connectivity index (χ1n) is 9.82. The molecule has 2 aliphatic rings. The zero-order chi connectivity index (χ0) is 18.2. The number of rotatable bonds is 4. The third-order valence-electron chi connectivity index (χ3n) is 5.63. The van der Waals surface area contributed by atoms with Gasteiger partial charge < -0.3 is 9.32 Å². The van der Waals surface area contributed by atoms with Crippen LogP contribution in [-0.2, 0) is 11.3 Å². The van der Waals surface area contributed by atoms with Crippen LogP contribution >= 0.6 is 11.3 Å². The van der Waals surface area contributed by atoms with Gasteiger partial charge in [0.15, 0.2) is 0 Å². The van der Waals surface area contributed by atoms with Crippen molar-refractivity contribution in [1.82, 2.24) is 9.80 Å². The van der Waals surface area contributed by atoms with Crippen LogP contribution < -0.4 is 0 Å². The van der Waals surface area contributed by atoms with E-state index in [4.69, 9.17) is 4.42 Å². The maximum atomic E-state index is 12.3. The van der Waals surface area contributed by atoms with Crippen molar-refractivity contribution in [3.8, 4) is 11.1 Å². The summed E-state index contributed by atoms with van der Waals surface area (Å²) < 4.78 is 6.09. The highest BCUT2D eigenvalue weighted by molar-refractivity contribution is 7.08. The van der Waals surface area contributed by atoms with E-state index < -0.39 is 0 Å². The van der Waals surface area contributed by atoms with Crippen LogP contribution in [0.1, 0.15) is 25.0 Å². The first-order chi connectivity index (χ1) is 13.3. The van der Waals surface area contributed by atoms with E-state index in [1.54, 1.807) is 11.3 Å². The molecule has 0 radical (unpaired) electrons. The fourth-order valence-electron chi connectivity index (χ4n) is 3.94. The van der Waals surface area contributed by atoms with Crippen LogP contribution in [-0.4, -0.2) is 41.9 Å². The molecule has 1 aliphatic heterocycles. The van der Waals surface area contributed by atoms with Crippen molar-refractivity contribution < 1.29 is 9.21 Å². The second-order valence-electron chi connectivity index (χ2n) is 7.71. The molecule has 5 rings (SSSR count). The van der Waals surface area contributed by atoms with E-state index in [2.05, 4.69) is 50.9 Å². The van der Waals surface area contributed by atoms with Crippen LogP contribution in [0.2, 0.25) is 0 Å². The Hall–Kier alpha value is -2.11. The Morgan fingerprint density at radius 1 is 1.07 bits per heavy atom. The standard InChI is InChI=1S/C22H24N2O2S/c25-22(16-2-3-16)24-8-1-7-23(9-10-24)14-20-13-19-12-17(4-5-21(19)26-20)18-6-11-27-15-18/h4-6,11-13,15-16H,1-3,7-10,14H2. The summed E-state index contributed by atoms with van der Waals surface area (Å²) in [7, 11) is 0. The average Bonchev–Trinajstić information content (AvgIpc) is 3.30. The molecule has 140 valence electrons. The van der Waals surface area contributed by atoms with E-state index in [0.29, 0.717) is 11.8 Å². The number of benzene rings is 1. The van der Waals surface area contributed by atoms with Gasteiger partial charge in [0, 0.05) is 37.5 Å². The van der Waals surface area contributed by atoms with Crippen molar-refractivity contribution in [2.24, 2.45) is 5.92 Å². The summed E-state index contributed by atoms with van der Waals surface area (Å²) in [6, 6.07) is 10.7. The molecule has 5 heteroatoms. The van der Waals surface area contributed by atoms with Gasteiger partial charge in [0.25, 0.3) is 0 Å². The zero-order valence-electron chi connectivity index (χ0n) is 15.4. The first kappa shape index (κ1) is 17.0. The molecular weight excluding hydrogens is 356 g/mol. The smallest absolute Gasteiger partial charge is 0.225 e. The van der Waals surface area contributed by atoms with Gasteiger partial charge >= 0.3 is 0 Å². The monoisotopic (exact) mass is 380 g/mol. The van der Waals surface area contributed by atoms with Gasteiger partial charge in [0.05, 0.1) is 6.54 Å². The number of hydrogen-bond donors (Lipinski definition) is 0. The molecular formula is C22H24N2O2S. The quantitative estimate of drug-likeness (QED) is 0.663. The molecule has 1 aliphatic carbocycles.